The van der Waals surface area contributed by atoms with Gasteiger partial charge in [0.1, 0.15) is 0 Å². The number of benzene rings is 3. The molecule has 1 heterocycles. The van der Waals surface area contributed by atoms with Gasteiger partial charge in [0.15, 0.2) is 4.80 Å². The standard InChI is InChI=1S/C24H16Cl2N2OS/c1-2-12-28-22-20(26)14-19(25)15-21(22)30-24(28)27-23(29)18-10-8-17(9-11-18)13-16-6-4-3-5-7-16/h1,3-11,14-15H,12-13H2. The Labute approximate surface area is 188 Å². The third kappa shape index (κ3) is 4.34. The molecule has 0 atom stereocenters. The maximum atomic E-state index is 12.8. The zero-order valence-corrected chi connectivity index (χ0v) is 18.1. The first-order chi connectivity index (χ1) is 14.5. The molecule has 30 heavy (non-hydrogen) atoms. The third-order valence-corrected chi connectivity index (χ3v) is 6.13. The Bertz CT molecular complexity index is 1330. The Balaban J connectivity index is 1.67. The molecule has 0 saturated carbocycles. The Morgan fingerprint density at radius 2 is 1.73 bits per heavy atom. The molecule has 0 bridgehead atoms. The molecule has 0 unspecified atom stereocenters. The minimum absolute atomic E-state index is 0.253. The molecular weight excluding hydrogens is 435 g/mol. The van der Waals surface area contributed by atoms with Gasteiger partial charge in [-0.25, -0.2) is 0 Å². The van der Waals surface area contributed by atoms with Crippen LogP contribution in [0.15, 0.2) is 71.7 Å². The van der Waals surface area contributed by atoms with Crippen molar-refractivity contribution in [2.24, 2.45) is 4.99 Å². The third-order valence-electron chi connectivity index (χ3n) is 4.59. The van der Waals surface area contributed by atoms with Gasteiger partial charge >= 0.3 is 0 Å². The van der Waals surface area contributed by atoms with Crippen molar-refractivity contribution < 1.29 is 4.79 Å². The van der Waals surface area contributed by atoms with Crippen molar-refractivity contribution in [2.45, 2.75) is 13.0 Å². The summed E-state index contributed by atoms with van der Waals surface area (Å²) in [6.07, 6.45) is 6.33. The van der Waals surface area contributed by atoms with E-state index >= 15 is 0 Å². The number of rotatable bonds is 4. The van der Waals surface area contributed by atoms with Crippen LogP contribution in [0.25, 0.3) is 10.2 Å². The first kappa shape index (κ1) is 20.4. The van der Waals surface area contributed by atoms with E-state index in [2.05, 4.69) is 23.0 Å². The summed E-state index contributed by atoms with van der Waals surface area (Å²) < 4.78 is 2.59. The molecule has 0 radical (unpaired) electrons. The van der Waals surface area contributed by atoms with Crippen molar-refractivity contribution in [3.05, 3.63) is 98.3 Å². The van der Waals surface area contributed by atoms with Gasteiger partial charge in [-0.1, -0.05) is 82.9 Å². The van der Waals surface area contributed by atoms with Crippen LogP contribution in [0.5, 0.6) is 0 Å². The van der Waals surface area contributed by atoms with E-state index < -0.39 is 0 Å². The van der Waals surface area contributed by atoms with Gasteiger partial charge in [0.05, 0.1) is 21.8 Å². The lowest BCUT2D eigenvalue weighted by Gasteiger charge is -2.03. The number of carbonyl (C=O) groups is 1. The van der Waals surface area contributed by atoms with Crippen molar-refractivity contribution in [3.63, 3.8) is 0 Å². The fraction of sp³-hybridized carbons (Fsp3) is 0.0833. The first-order valence-corrected chi connectivity index (χ1v) is 10.8. The summed E-state index contributed by atoms with van der Waals surface area (Å²) in [6.45, 7) is 0.253. The lowest BCUT2D eigenvalue weighted by atomic mass is 10.0. The number of halogens is 2. The second-order valence-corrected chi connectivity index (χ2v) is 8.54. The quantitative estimate of drug-likeness (QED) is 0.352. The number of terminal acetylenes is 1. The summed E-state index contributed by atoms with van der Waals surface area (Å²) in [5.41, 5.74) is 3.59. The molecule has 3 aromatic carbocycles. The number of carbonyl (C=O) groups excluding carboxylic acids is 1. The lowest BCUT2D eigenvalue weighted by Crippen LogP contribution is -2.16. The molecule has 0 fully saturated rings. The van der Waals surface area contributed by atoms with Crippen LogP contribution in [0.1, 0.15) is 21.5 Å². The van der Waals surface area contributed by atoms with E-state index in [0.717, 1.165) is 22.2 Å². The van der Waals surface area contributed by atoms with Gasteiger partial charge in [0, 0.05) is 10.6 Å². The van der Waals surface area contributed by atoms with Crippen molar-refractivity contribution in [2.75, 3.05) is 0 Å². The van der Waals surface area contributed by atoms with Gasteiger partial charge in [-0.05, 0) is 41.8 Å². The minimum atomic E-state index is -0.333. The van der Waals surface area contributed by atoms with Crippen molar-refractivity contribution in [3.8, 4) is 12.3 Å². The molecule has 0 N–H and O–H groups in total. The molecule has 0 saturated heterocycles. The highest BCUT2D eigenvalue weighted by Crippen LogP contribution is 2.29. The number of thiazole rings is 1. The van der Waals surface area contributed by atoms with E-state index in [-0.39, 0.29) is 12.5 Å². The predicted octanol–water partition coefficient (Wildman–Crippen LogP) is 5.97. The molecule has 4 rings (SSSR count). The SMILES string of the molecule is C#CCn1c(=NC(=O)c2ccc(Cc3ccccc3)cc2)sc2cc(Cl)cc(Cl)c21. The van der Waals surface area contributed by atoms with Crippen molar-refractivity contribution in [1.29, 1.82) is 0 Å². The molecule has 0 spiro atoms. The highest BCUT2D eigenvalue weighted by Gasteiger charge is 2.12. The molecule has 0 aliphatic rings. The van der Waals surface area contributed by atoms with Crippen LogP contribution in [0.3, 0.4) is 0 Å². The Morgan fingerprint density at radius 1 is 1.03 bits per heavy atom. The molecule has 0 aliphatic carbocycles. The van der Waals surface area contributed by atoms with Gasteiger partial charge in [-0.2, -0.15) is 4.99 Å². The summed E-state index contributed by atoms with van der Waals surface area (Å²) >= 11 is 13.8. The smallest absolute Gasteiger partial charge is 0.279 e. The van der Waals surface area contributed by atoms with Crippen LogP contribution < -0.4 is 4.80 Å². The van der Waals surface area contributed by atoms with Gasteiger partial charge < -0.3 is 4.57 Å². The predicted molar refractivity (Wildman–Crippen MR) is 124 cm³/mol. The van der Waals surface area contributed by atoms with Gasteiger partial charge in [0.2, 0.25) is 0 Å². The van der Waals surface area contributed by atoms with E-state index in [4.69, 9.17) is 29.6 Å². The van der Waals surface area contributed by atoms with Gasteiger partial charge in [0.25, 0.3) is 5.91 Å². The number of nitrogens with zero attached hydrogens (tertiary/aromatic N) is 2. The van der Waals surface area contributed by atoms with E-state index in [1.165, 1.54) is 16.9 Å². The van der Waals surface area contributed by atoms with Crippen LogP contribution in [0, 0.1) is 12.3 Å². The van der Waals surface area contributed by atoms with E-state index in [1.54, 1.807) is 28.8 Å². The fourth-order valence-electron chi connectivity index (χ4n) is 3.20. The van der Waals surface area contributed by atoms with E-state index in [1.807, 2.05) is 30.3 Å². The second-order valence-electron chi connectivity index (χ2n) is 6.69. The molecule has 0 aliphatic heterocycles. The molecular formula is C24H16Cl2N2OS. The summed E-state index contributed by atoms with van der Waals surface area (Å²) in [7, 11) is 0. The Hall–Kier alpha value is -2.84. The number of amides is 1. The summed E-state index contributed by atoms with van der Waals surface area (Å²) in [5.74, 6) is 2.26. The van der Waals surface area contributed by atoms with E-state index in [9.17, 15) is 4.79 Å². The van der Waals surface area contributed by atoms with Crippen LogP contribution in [-0.4, -0.2) is 10.5 Å². The zero-order valence-electron chi connectivity index (χ0n) is 15.8. The minimum Gasteiger partial charge on any atom is -0.303 e. The Kier molecular flexibility index (Phi) is 6.06. The maximum absolute atomic E-state index is 12.8. The van der Waals surface area contributed by atoms with E-state index in [0.29, 0.717) is 20.4 Å². The zero-order chi connectivity index (χ0) is 21.1. The van der Waals surface area contributed by atoms with Crippen LogP contribution >= 0.6 is 34.5 Å². The molecule has 4 aromatic rings. The normalized spacial score (nSPS) is 11.6. The number of aromatic nitrogens is 1. The van der Waals surface area contributed by atoms with Crippen molar-refractivity contribution >= 4 is 50.7 Å². The molecule has 148 valence electrons. The average molecular weight is 451 g/mol. The lowest BCUT2D eigenvalue weighted by molar-refractivity contribution is 0.0998. The highest BCUT2D eigenvalue weighted by atomic mass is 35.5. The molecule has 1 aromatic heterocycles. The molecule has 3 nitrogen and oxygen atoms in total. The largest absolute Gasteiger partial charge is 0.303 e. The summed E-state index contributed by atoms with van der Waals surface area (Å²) in [6, 6.07) is 21.1. The number of hydrogen-bond donors (Lipinski definition) is 0. The number of hydrogen-bond acceptors (Lipinski definition) is 2. The maximum Gasteiger partial charge on any atom is 0.279 e. The highest BCUT2D eigenvalue weighted by molar-refractivity contribution is 7.16. The van der Waals surface area contributed by atoms with Crippen LogP contribution in [-0.2, 0) is 13.0 Å². The average Bonchev–Trinajstić information content (AvgIpc) is 3.06. The topological polar surface area (TPSA) is 34.4 Å². The van der Waals surface area contributed by atoms with Gasteiger partial charge in [-0.3, -0.25) is 4.79 Å². The summed E-state index contributed by atoms with van der Waals surface area (Å²) in [5, 5.41) is 0.997. The van der Waals surface area contributed by atoms with Crippen LogP contribution in [0.4, 0.5) is 0 Å². The van der Waals surface area contributed by atoms with Crippen LogP contribution in [0.2, 0.25) is 10.0 Å². The van der Waals surface area contributed by atoms with Gasteiger partial charge in [-0.15, -0.1) is 6.42 Å². The number of fused-ring (bicyclic) bond motifs is 1. The molecule has 1 amide bonds. The fourth-order valence-corrected chi connectivity index (χ4v) is 5.01. The summed E-state index contributed by atoms with van der Waals surface area (Å²) in [4.78, 5) is 17.6. The second kappa shape index (κ2) is 8.89. The van der Waals surface area contributed by atoms with Crippen molar-refractivity contribution in [1.82, 2.24) is 4.57 Å². The monoisotopic (exact) mass is 450 g/mol. The molecule has 6 heteroatoms. The Morgan fingerprint density at radius 3 is 2.43 bits per heavy atom. The first-order valence-electron chi connectivity index (χ1n) is 9.19.